The molecule has 0 aliphatic heterocycles. The molecule has 0 saturated carbocycles. The molecule has 0 aliphatic carbocycles. The van der Waals surface area contributed by atoms with Gasteiger partial charge in [0.05, 0.1) is 16.4 Å². The fourth-order valence-corrected chi connectivity index (χ4v) is 3.92. The number of para-hydroxylation sites is 2. The van der Waals surface area contributed by atoms with E-state index in [1.165, 1.54) is 11.1 Å². The van der Waals surface area contributed by atoms with Crippen LogP contribution in [-0.4, -0.2) is 9.97 Å². The highest BCUT2D eigenvalue weighted by atomic mass is 16.3. The first-order valence-corrected chi connectivity index (χ1v) is 11.3. The van der Waals surface area contributed by atoms with Crippen LogP contribution in [0, 0.1) is 0 Å². The van der Waals surface area contributed by atoms with Crippen molar-refractivity contribution in [2.75, 3.05) is 5.43 Å². The van der Waals surface area contributed by atoms with Gasteiger partial charge in [-0.25, -0.2) is 10.4 Å². The second kappa shape index (κ2) is 8.24. The smallest absolute Gasteiger partial charge is 0.222 e. The summed E-state index contributed by atoms with van der Waals surface area (Å²) < 4.78 is 6.30. The molecule has 2 N–H and O–H groups in total. The first-order chi connectivity index (χ1) is 15.9. The van der Waals surface area contributed by atoms with E-state index in [-0.39, 0.29) is 5.41 Å². The Bertz CT molecular complexity index is 1470. The normalized spacial score (nSPS) is 12.5. The van der Waals surface area contributed by atoms with Crippen molar-refractivity contribution in [1.29, 1.82) is 0 Å². The number of hydrogen-bond acceptors (Lipinski definition) is 4. The lowest BCUT2D eigenvalue weighted by atomic mass is 9.86. The van der Waals surface area contributed by atoms with Crippen LogP contribution < -0.4 is 10.8 Å². The molecule has 5 aromatic rings. The Kier molecular flexibility index (Phi) is 5.25. The van der Waals surface area contributed by atoms with Gasteiger partial charge in [0.2, 0.25) is 5.95 Å². The zero-order valence-corrected chi connectivity index (χ0v) is 19.4. The maximum Gasteiger partial charge on any atom is 0.222 e. The lowest BCUT2D eigenvalue weighted by Crippen LogP contribution is -2.10. The molecule has 5 heteroatoms. The topological polar surface area (TPSA) is 66.2 Å². The summed E-state index contributed by atoms with van der Waals surface area (Å²) in [4.78, 5) is 7.83. The Morgan fingerprint density at radius 2 is 1.76 bits per heavy atom. The first-order valence-electron chi connectivity index (χ1n) is 11.3. The van der Waals surface area contributed by atoms with Crippen LogP contribution in [0.4, 0.5) is 5.95 Å². The second-order valence-corrected chi connectivity index (χ2v) is 9.33. The number of rotatable bonds is 4. The van der Waals surface area contributed by atoms with Gasteiger partial charge in [0.1, 0.15) is 11.3 Å². The summed E-state index contributed by atoms with van der Waals surface area (Å²) in [5, 5.41) is 6.49. The summed E-state index contributed by atoms with van der Waals surface area (Å²) in [5.41, 5.74) is 9.42. The van der Waals surface area contributed by atoms with Crippen molar-refractivity contribution in [2.45, 2.75) is 39.5 Å². The molecule has 0 bridgehead atoms. The third kappa shape index (κ3) is 4.27. The number of benzene rings is 3. The van der Waals surface area contributed by atoms with Crippen molar-refractivity contribution in [2.24, 2.45) is 5.10 Å². The van der Waals surface area contributed by atoms with E-state index in [9.17, 15) is 0 Å². The number of fused-ring (bicyclic) bond motifs is 2. The van der Waals surface area contributed by atoms with Gasteiger partial charge in [-0.2, -0.15) is 5.10 Å². The molecule has 3 aromatic carbocycles. The largest absolute Gasteiger partial charge is 0.456 e. The Balaban J connectivity index is 1.61. The number of imidazole rings is 1. The van der Waals surface area contributed by atoms with Crippen molar-refractivity contribution >= 4 is 28.0 Å². The fraction of sp³-hybridized carbons (Fsp3) is 0.214. The van der Waals surface area contributed by atoms with Crippen molar-refractivity contribution in [1.82, 2.24) is 9.97 Å². The Morgan fingerprint density at radius 3 is 2.48 bits per heavy atom. The molecule has 0 amide bonds. The van der Waals surface area contributed by atoms with E-state index in [1.54, 1.807) is 0 Å². The van der Waals surface area contributed by atoms with Crippen LogP contribution in [0.25, 0.3) is 33.3 Å². The molecule has 0 fully saturated rings. The van der Waals surface area contributed by atoms with Crippen molar-refractivity contribution < 1.29 is 4.42 Å². The van der Waals surface area contributed by atoms with Crippen LogP contribution in [0.3, 0.4) is 0 Å². The van der Waals surface area contributed by atoms with Crippen LogP contribution in [0.15, 0.2) is 82.3 Å². The molecule has 5 rings (SSSR count). The molecular weight excluding hydrogens is 408 g/mol. The van der Waals surface area contributed by atoms with E-state index in [4.69, 9.17) is 9.52 Å². The van der Waals surface area contributed by atoms with Gasteiger partial charge < -0.3 is 9.40 Å². The summed E-state index contributed by atoms with van der Waals surface area (Å²) in [5.74, 6) is 1.38. The SMILES string of the molecule is CCc1ccc2oc(-c3ccc(C(C)(C)C)cc3)c/c(=N\Nc3nc4ccccc4[nH]3)c2c1. The van der Waals surface area contributed by atoms with E-state index in [0.717, 1.165) is 45.1 Å². The van der Waals surface area contributed by atoms with Crippen LogP contribution in [0.2, 0.25) is 0 Å². The molecule has 33 heavy (non-hydrogen) atoms. The minimum Gasteiger partial charge on any atom is -0.456 e. The minimum atomic E-state index is 0.104. The third-order valence-corrected chi connectivity index (χ3v) is 5.92. The molecule has 0 saturated heterocycles. The van der Waals surface area contributed by atoms with Crippen LogP contribution in [-0.2, 0) is 11.8 Å². The molecular formula is C28H28N4O. The average Bonchev–Trinajstić information content (AvgIpc) is 3.24. The average molecular weight is 437 g/mol. The van der Waals surface area contributed by atoms with Gasteiger partial charge in [-0.15, -0.1) is 0 Å². The minimum absolute atomic E-state index is 0.104. The van der Waals surface area contributed by atoms with Crippen molar-refractivity contribution in [3.63, 3.8) is 0 Å². The maximum atomic E-state index is 6.30. The predicted molar refractivity (Wildman–Crippen MR) is 135 cm³/mol. The quantitative estimate of drug-likeness (QED) is 0.306. The number of H-pyrrole nitrogens is 1. The van der Waals surface area contributed by atoms with E-state index in [2.05, 4.69) is 79.5 Å². The van der Waals surface area contributed by atoms with Crippen LogP contribution in [0.1, 0.15) is 38.8 Å². The van der Waals surface area contributed by atoms with Crippen LogP contribution in [0.5, 0.6) is 0 Å². The van der Waals surface area contributed by atoms with Gasteiger partial charge in [0.15, 0.2) is 0 Å². The summed E-state index contributed by atoms with van der Waals surface area (Å²) >= 11 is 0. The predicted octanol–water partition coefficient (Wildman–Crippen LogP) is 6.76. The number of hydrogen-bond donors (Lipinski definition) is 2. The zero-order chi connectivity index (χ0) is 23.0. The van der Waals surface area contributed by atoms with Crippen LogP contribution >= 0.6 is 0 Å². The Hall–Kier alpha value is -3.86. The number of aryl methyl sites for hydroxylation is 1. The zero-order valence-electron chi connectivity index (χ0n) is 19.4. The molecule has 0 aliphatic rings. The van der Waals surface area contributed by atoms with Gasteiger partial charge in [0.25, 0.3) is 0 Å². The van der Waals surface area contributed by atoms with E-state index in [1.807, 2.05) is 36.4 Å². The second-order valence-electron chi connectivity index (χ2n) is 9.33. The molecule has 0 unspecified atom stereocenters. The van der Waals surface area contributed by atoms with Gasteiger partial charge in [-0.1, -0.05) is 70.2 Å². The first kappa shape index (κ1) is 21.0. The number of anilines is 1. The lowest BCUT2D eigenvalue weighted by molar-refractivity contribution is 0.589. The van der Waals surface area contributed by atoms with Gasteiger partial charge in [0, 0.05) is 17.0 Å². The Labute approximate surface area is 193 Å². The summed E-state index contributed by atoms with van der Waals surface area (Å²) in [6.45, 7) is 8.80. The fourth-order valence-electron chi connectivity index (χ4n) is 3.92. The number of aromatic nitrogens is 2. The van der Waals surface area contributed by atoms with E-state index >= 15 is 0 Å². The lowest BCUT2D eigenvalue weighted by Gasteiger charge is -2.19. The Morgan fingerprint density at radius 1 is 0.970 bits per heavy atom. The number of nitrogens with one attached hydrogen (secondary N) is 2. The highest BCUT2D eigenvalue weighted by Gasteiger charge is 2.14. The van der Waals surface area contributed by atoms with Gasteiger partial charge in [-0.05, 0) is 47.2 Å². The summed E-state index contributed by atoms with van der Waals surface area (Å²) in [6.07, 6.45) is 0.947. The molecule has 2 heterocycles. The number of nitrogens with zero attached hydrogens (tertiary/aromatic N) is 2. The highest BCUT2D eigenvalue weighted by Crippen LogP contribution is 2.27. The molecule has 5 nitrogen and oxygen atoms in total. The van der Waals surface area contributed by atoms with Crippen molar-refractivity contribution in [3.8, 4) is 11.3 Å². The molecule has 0 radical (unpaired) electrons. The monoisotopic (exact) mass is 436 g/mol. The van der Waals surface area contributed by atoms with Gasteiger partial charge in [-0.3, -0.25) is 0 Å². The molecule has 0 spiro atoms. The molecule has 2 aromatic heterocycles. The maximum absolute atomic E-state index is 6.30. The highest BCUT2D eigenvalue weighted by molar-refractivity contribution is 5.80. The van der Waals surface area contributed by atoms with Crippen molar-refractivity contribution in [3.05, 3.63) is 89.3 Å². The third-order valence-electron chi connectivity index (χ3n) is 5.92. The van der Waals surface area contributed by atoms with E-state index < -0.39 is 0 Å². The van der Waals surface area contributed by atoms with Gasteiger partial charge >= 0.3 is 0 Å². The summed E-state index contributed by atoms with van der Waals surface area (Å²) in [7, 11) is 0. The number of aromatic amines is 1. The molecule has 0 atom stereocenters. The van der Waals surface area contributed by atoms with E-state index in [0.29, 0.717) is 5.95 Å². The summed E-state index contributed by atoms with van der Waals surface area (Å²) in [6, 6.07) is 24.8. The standard InChI is InChI=1S/C28H28N4O/c1-5-18-10-15-25-21(16-18)24(31-32-27-29-22-8-6-7-9-23(22)30-27)17-26(33-25)19-11-13-20(14-12-19)28(2,3)4/h6-17H,5H2,1-4H3,(H2,29,30,32)/b31-24+. The molecule has 166 valence electrons.